The number of nitrogens with zero attached hydrogens (tertiary/aromatic N) is 4. The lowest BCUT2D eigenvalue weighted by atomic mass is 10.1. The molecule has 0 unspecified atom stereocenters. The van der Waals surface area contributed by atoms with E-state index >= 15 is 0 Å². The smallest absolute Gasteiger partial charge is 0.164 e. The van der Waals surface area contributed by atoms with Crippen molar-refractivity contribution in [3.63, 3.8) is 0 Å². The van der Waals surface area contributed by atoms with Gasteiger partial charge in [0.25, 0.3) is 0 Å². The molecular weight excluding hydrogens is 266 g/mol. The first-order chi connectivity index (χ1) is 9.85. The van der Waals surface area contributed by atoms with Crippen LogP contribution in [0.25, 0.3) is 0 Å². The molecule has 6 nitrogen and oxygen atoms in total. The Kier molecular flexibility index (Phi) is 4.57. The van der Waals surface area contributed by atoms with Crippen molar-refractivity contribution in [1.29, 1.82) is 0 Å². The molecule has 0 aliphatic carbocycles. The molecule has 0 aromatic carbocycles. The van der Waals surface area contributed by atoms with Crippen LogP contribution < -0.4 is 10.1 Å². The van der Waals surface area contributed by atoms with Gasteiger partial charge in [-0.25, -0.2) is 4.98 Å². The molecule has 2 heterocycles. The van der Waals surface area contributed by atoms with E-state index in [9.17, 15) is 0 Å². The lowest BCUT2D eigenvalue weighted by Gasteiger charge is -2.21. The summed E-state index contributed by atoms with van der Waals surface area (Å²) in [5, 5.41) is 7.47. The molecule has 0 amide bonds. The second kappa shape index (κ2) is 6.22. The van der Waals surface area contributed by atoms with Gasteiger partial charge < -0.3 is 10.1 Å². The molecule has 2 aromatic rings. The molecule has 6 heteroatoms. The molecule has 0 aliphatic rings. The van der Waals surface area contributed by atoms with Crippen LogP contribution in [0.1, 0.15) is 38.0 Å². The number of aromatic nitrogens is 4. The van der Waals surface area contributed by atoms with Gasteiger partial charge >= 0.3 is 0 Å². The minimum Gasteiger partial charge on any atom is -0.484 e. The van der Waals surface area contributed by atoms with E-state index in [1.54, 1.807) is 4.68 Å². The summed E-state index contributed by atoms with van der Waals surface area (Å²) >= 11 is 0. The summed E-state index contributed by atoms with van der Waals surface area (Å²) in [4.78, 5) is 8.72. The Hall–Kier alpha value is -1.95. The number of ether oxygens (including phenoxy) is 1. The Balaban J connectivity index is 2.09. The topological polar surface area (TPSA) is 64.9 Å². The summed E-state index contributed by atoms with van der Waals surface area (Å²) in [7, 11) is 1.85. The van der Waals surface area contributed by atoms with Crippen LogP contribution in [-0.4, -0.2) is 25.3 Å². The van der Waals surface area contributed by atoms with E-state index in [2.05, 4.69) is 41.2 Å². The lowest BCUT2D eigenvalue weighted by Crippen LogP contribution is -2.35. The standard InChI is InChI=1S/C15H23N5O/c1-11-6-7-13(12(19-11)8-17-15(2,3)4)21-9-14-16-10-18-20(14)5/h6-7,10,17H,8-9H2,1-5H3. The maximum atomic E-state index is 5.86. The molecule has 114 valence electrons. The van der Waals surface area contributed by atoms with Crippen molar-refractivity contribution in [2.75, 3.05) is 0 Å². The predicted octanol–water partition coefficient (Wildman–Crippen LogP) is 1.99. The Bertz CT molecular complexity index is 600. The van der Waals surface area contributed by atoms with Crippen molar-refractivity contribution in [2.24, 2.45) is 7.05 Å². The summed E-state index contributed by atoms with van der Waals surface area (Å²) < 4.78 is 7.56. The second-order valence-electron chi connectivity index (χ2n) is 6.09. The van der Waals surface area contributed by atoms with E-state index in [4.69, 9.17) is 4.74 Å². The van der Waals surface area contributed by atoms with Crippen LogP contribution in [0.3, 0.4) is 0 Å². The number of hydrogen-bond donors (Lipinski definition) is 1. The van der Waals surface area contributed by atoms with E-state index in [0.29, 0.717) is 13.2 Å². The van der Waals surface area contributed by atoms with Crippen molar-refractivity contribution in [2.45, 2.75) is 46.4 Å². The summed E-state index contributed by atoms with van der Waals surface area (Å²) in [5.74, 6) is 1.56. The van der Waals surface area contributed by atoms with E-state index in [0.717, 1.165) is 23.0 Å². The zero-order valence-corrected chi connectivity index (χ0v) is 13.3. The third kappa shape index (κ3) is 4.53. The van der Waals surface area contributed by atoms with Crippen LogP contribution in [0.2, 0.25) is 0 Å². The van der Waals surface area contributed by atoms with Crippen LogP contribution in [0.5, 0.6) is 5.75 Å². The Morgan fingerprint density at radius 3 is 2.67 bits per heavy atom. The molecule has 0 saturated heterocycles. The van der Waals surface area contributed by atoms with Gasteiger partial charge in [-0.15, -0.1) is 0 Å². The molecule has 0 bridgehead atoms. The third-order valence-corrected chi connectivity index (χ3v) is 3.02. The molecule has 2 rings (SSSR count). The fraction of sp³-hybridized carbons (Fsp3) is 0.533. The minimum absolute atomic E-state index is 0.0340. The van der Waals surface area contributed by atoms with E-state index in [1.165, 1.54) is 6.33 Å². The second-order valence-corrected chi connectivity index (χ2v) is 6.09. The first-order valence-electron chi connectivity index (χ1n) is 7.02. The van der Waals surface area contributed by atoms with Crippen molar-refractivity contribution in [3.05, 3.63) is 35.7 Å². The molecule has 0 fully saturated rings. The molecular formula is C15H23N5O. The van der Waals surface area contributed by atoms with Gasteiger partial charge in [-0.05, 0) is 39.8 Å². The van der Waals surface area contributed by atoms with Crippen LogP contribution in [0.4, 0.5) is 0 Å². The van der Waals surface area contributed by atoms with Gasteiger partial charge in [0.05, 0.1) is 5.69 Å². The maximum absolute atomic E-state index is 5.86. The van der Waals surface area contributed by atoms with Crippen LogP contribution in [0, 0.1) is 6.92 Å². The third-order valence-electron chi connectivity index (χ3n) is 3.02. The molecule has 0 aliphatic heterocycles. The van der Waals surface area contributed by atoms with E-state index in [-0.39, 0.29) is 5.54 Å². The molecule has 0 spiro atoms. The molecule has 0 saturated carbocycles. The number of rotatable bonds is 5. The lowest BCUT2D eigenvalue weighted by molar-refractivity contribution is 0.282. The molecule has 0 atom stereocenters. The Morgan fingerprint density at radius 1 is 1.29 bits per heavy atom. The number of aryl methyl sites for hydroxylation is 2. The Labute approximate surface area is 125 Å². The van der Waals surface area contributed by atoms with Gasteiger partial charge in [-0.3, -0.25) is 9.67 Å². The molecule has 0 radical (unpaired) electrons. The van der Waals surface area contributed by atoms with Crippen molar-refractivity contribution in [1.82, 2.24) is 25.1 Å². The zero-order valence-electron chi connectivity index (χ0n) is 13.3. The predicted molar refractivity (Wildman–Crippen MR) is 80.9 cm³/mol. The zero-order chi connectivity index (χ0) is 15.5. The quantitative estimate of drug-likeness (QED) is 0.912. The first kappa shape index (κ1) is 15.4. The van der Waals surface area contributed by atoms with Crippen LogP contribution in [-0.2, 0) is 20.2 Å². The first-order valence-corrected chi connectivity index (χ1v) is 7.02. The van der Waals surface area contributed by atoms with E-state index < -0.39 is 0 Å². The normalized spacial score (nSPS) is 11.7. The molecule has 1 N–H and O–H groups in total. The largest absolute Gasteiger partial charge is 0.484 e. The van der Waals surface area contributed by atoms with Crippen molar-refractivity contribution < 1.29 is 4.74 Å². The number of pyridine rings is 1. The summed E-state index contributed by atoms with van der Waals surface area (Å²) in [6.45, 7) is 9.41. The fourth-order valence-electron chi connectivity index (χ4n) is 1.80. The SMILES string of the molecule is Cc1ccc(OCc2ncnn2C)c(CNC(C)(C)C)n1. The van der Waals surface area contributed by atoms with Crippen LogP contribution >= 0.6 is 0 Å². The van der Waals surface area contributed by atoms with Gasteiger partial charge in [0.1, 0.15) is 18.7 Å². The minimum atomic E-state index is 0.0340. The molecule has 21 heavy (non-hydrogen) atoms. The van der Waals surface area contributed by atoms with E-state index in [1.807, 2.05) is 26.1 Å². The fourth-order valence-corrected chi connectivity index (χ4v) is 1.80. The van der Waals surface area contributed by atoms with Gasteiger partial charge in [0.15, 0.2) is 5.82 Å². The highest BCUT2D eigenvalue weighted by atomic mass is 16.5. The summed E-state index contributed by atoms with van der Waals surface area (Å²) in [6, 6.07) is 3.91. The average Bonchev–Trinajstić information content (AvgIpc) is 2.80. The number of hydrogen-bond acceptors (Lipinski definition) is 5. The monoisotopic (exact) mass is 289 g/mol. The highest BCUT2D eigenvalue weighted by molar-refractivity contribution is 5.29. The summed E-state index contributed by atoms with van der Waals surface area (Å²) in [6.07, 6.45) is 1.52. The van der Waals surface area contributed by atoms with Crippen molar-refractivity contribution in [3.8, 4) is 5.75 Å². The maximum Gasteiger partial charge on any atom is 0.164 e. The van der Waals surface area contributed by atoms with Gasteiger partial charge in [-0.1, -0.05) is 0 Å². The molecule has 2 aromatic heterocycles. The van der Waals surface area contributed by atoms with Crippen LogP contribution in [0.15, 0.2) is 18.5 Å². The van der Waals surface area contributed by atoms with Gasteiger partial charge in [-0.2, -0.15) is 5.10 Å². The Morgan fingerprint density at radius 2 is 2.05 bits per heavy atom. The highest BCUT2D eigenvalue weighted by Crippen LogP contribution is 2.19. The summed E-state index contributed by atoms with van der Waals surface area (Å²) in [5.41, 5.74) is 1.92. The van der Waals surface area contributed by atoms with Gasteiger partial charge in [0, 0.05) is 24.8 Å². The number of nitrogens with one attached hydrogen (secondary N) is 1. The van der Waals surface area contributed by atoms with Gasteiger partial charge in [0.2, 0.25) is 0 Å². The van der Waals surface area contributed by atoms with Crippen molar-refractivity contribution >= 4 is 0 Å². The average molecular weight is 289 g/mol. The highest BCUT2D eigenvalue weighted by Gasteiger charge is 2.13.